The van der Waals surface area contributed by atoms with E-state index in [0.717, 1.165) is 35.8 Å². The van der Waals surface area contributed by atoms with Gasteiger partial charge in [-0.3, -0.25) is 14.1 Å². The predicted molar refractivity (Wildman–Crippen MR) is 93.8 cm³/mol. The lowest BCUT2D eigenvalue weighted by Gasteiger charge is -2.20. The minimum Gasteiger partial charge on any atom is -0.454 e. The Labute approximate surface area is 145 Å². The van der Waals surface area contributed by atoms with Crippen LogP contribution in [0.2, 0.25) is 0 Å². The molecule has 3 aromatic rings. The molecule has 25 heavy (non-hydrogen) atoms. The summed E-state index contributed by atoms with van der Waals surface area (Å²) >= 11 is 0. The molecule has 1 aliphatic heterocycles. The summed E-state index contributed by atoms with van der Waals surface area (Å²) in [6.45, 7) is 4.60. The van der Waals surface area contributed by atoms with Gasteiger partial charge in [0.15, 0.2) is 11.5 Å². The van der Waals surface area contributed by atoms with Gasteiger partial charge in [-0.25, -0.2) is 4.98 Å². The summed E-state index contributed by atoms with van der Waals surface area (Å²) in [5.74, 6) is 1.58. The van der Waals surface area contributed by atoms with Gasteiger partial charge in [0.1, 0.15) is 5.65 Å². The maximum atomic E-state index is 12.2. The number of hydrogen-bond acceptors (Lipinski definition) is 5. The highest BCUT2D eigenvalue weighted by atomic mass is 16.7. The molecule has 128 valence electrons. The second-order valence-corrected chi connectivity index (χ2v) is 6.01. The monoisotopic (exact) mass is 337 g/mol. The molecule has 0 atom stereocenters. The van der Waals surface area contributed by atoms with Gasteiger partial charge in [-0.15, -0.1) is 0 Å². The summed E-state index contributed by atoms with van der Waals surface area (Å²) in [6, 6.07) is 13.1. The first-order valence-corrected chi connectivity index (χ1v) is 8.31. The molecule has 0 fully saturated rings. The highest BCUT2D eigenvalue weighted by Gasteiger charge is 2.15. The van der Waals surface area contributed by atoms with Crippen molar-refractivity contribution in [1.29, 1.82) is 0 Å². The number of rotatable bonds is 5. The highest BCUT2D eigenvalue weighted by molar-refractivity contribution is 5.44. The number of pyridine rings is 1. The SMILES string of the molecule is CCN(Cc1ccc2c(c1)OCO2)Cc1cc(=O)n2ccccc2n1. The summed E-state index contributed by atoms with van der Waals surface area (Å²) in [6.07, 6.45) is 1.73. The molecule has 0 aliphatic carbocycles. The van der Waals surface area contributed by atoms with E-state index in [1.807, 2.05) is 36.4 Å². The normalized spacial score (nSPS) is 12.9. The summed E-state index contributed by atoms with van der Waals surface area (Å²) in [5, 5.41) is 0. The van der Waals surface area contributed by atoms with Crippen LogP contribution in [0.3, 0.4) is 0 Å². The first kappa shape index (κ1) is 15.7. The Morgan fingerprint density at radius 3 is 2.88 bits per heavy atom. The van der Waals surface area contributed by atoms with E-state index in [1.54, 1.807) is 16.7 Å². The lowest BCUT2D eigenvalue weighted by atomic mass is 10.2. The zero-order chi connectivity index (χ0) is 17.2. The van der Waals surface area contributed by atoms with Crippen LogP contribution in [0.25, 0.3) is 5.65 Å². The molecular formula is C19H19N3O3. The third-order valence-electron chi connectivity index (χ3n) is 4.30. The molecule has 3 heterocycles. The fourth-order valence-electron chi connectivity index (χ4n) is 2.99. The summed E-state index contributed by atoms with van der Waals surface area (Å²) in [7, 11) is 0. The van der Waals surface area contributed by atoms with Crippen molar-refractivity contribution in [2.45, 2.75) is 20.0 Å². The molecule has 4 rings (SSSR count). The van der Waals surface area contributed by atoms with Crippen LogP contribution < -0.4 is 15.0 Å². The summed E-state index contributed by atoms with van der Waals surface area (Å²) in [4.78, 5) is 19.1. The van der Waals surface area contributed by atoms with Crippen molar-refractivity contribution in [2.75, 3.05) is 13.3 Å². The van der Waals surface area contributed by atoms with Crippen molar-refractivity contribution in [3.8, 4) is 11.5 Å². The molecule has 0 spiro atoms. The molecule has 0 saturated carbocycles. The van der Waals surface area contributed by atoms with Crippen LogP contribution in [0.15, 0.2) is 53.5 Å². The second-order valence-electron chi connectivity index (χ2n) is 6.01. The Hall–Kier alpha value is -2.86. The minimum atomic E-state index is -0.0558. The van der Waals surface area contributed by atoms with E-state index in [-0.39, 0.29) is 12.4 Å². The number of ether oxygens (including phenoxy) is 2. The Balaban J connectivity index is 1.55. The van der Waals surface area contributed by atoms with Crippen molar-refractivity contribution < 1.29 is 9.47 Å². The van der Waals surface area contributed by atoms with Crippen molar-refractivity contribution in [3.63, 3.8) is 0 Å². The zero-order valence-electron chi connectivity index (χ0n) is 14.0. The van der Waals surface area contributed by atoms with Gasteiger partial charge < -0.3 is 9.47 Å². The lowest BCUT2D eigenvalue weighted by molar-refractivity contribution is 0.174. The van der Waals surface area contributed by atoms with Gasteiger partial charge in [0, 0.05) is 25.4 Å². The van der Waals surface area contributed by atoms with Crippen molar-refractivity contribution in [3.05, 3.63) is 70.3 Å². The molecule has 2 aromatic heterocycles. The standard InChI is InChI=1S/C19H19N3O3/c1-2-21(11-14-6-7-16-17(9-14)25-13-24-16)12-15-10-19(23)22-8-4-3-5-18(22)20-15/h3-10H,2,11-13H2,1H3. The molecule has 1 aliphatic rings. The van der Waals surface area contributed by atoms with E-state index in [4.69, 9.17) is 9.47 Å². The van der Waals surface area contributed by atoms with Gasteiger partial charge in [-0.05, 0) is 36.4 Å². The van der Waals surface area contributed by atoms with Crippen LogP contribution in [0.5, 0.6) is 11.5 Å². The first-order chi connectivity index (χ1) is 12.2. The molecule has 0 saturated heterocycles. The van der Waals surface area contributed by atoms with Crippen LogP contribution in [0.4, 0.5) is 0 Å². The quantitative estimate of drug-likeness (QED) is 0.716. The Morgan fingerprint density at radius 2 is 2.00 bits per heavy atom. The van der Waals surface area contributed by atoms with Gasteiger partial charge in [0.05, 0.1) is 5.69 Å². The highest BCUT2D eigenvalue weighted by Crippen LogP contribution is 2.32. The molecule has 0 amide bonds. The van der Waals surface area contributed by atoms with Crippen LogP contribution in [0, 0.1) is 0 Å². The summed E-state index contributed by atoms with van der Waals surface area (Å²) < 4.78 is 12.3. The zero-order valence-corrected chi connectivity index (χ0v) is 14.0. The number of aromatic nitrogens is 2. The Kier molecular flexibility index (Phi) is 4.11. The van der Waals surface area contributed by atoms with E-state index in [1.165, 1.54) is 0 Å². The topological polar surface area (TPSA) is 56.1 Å². The van der Waals surface area contributed by atoms with E-state index in [2.05, 4.69) is 16.8 Å². The molecule has 0 N–H and O–H groups in total. The number of nitrogens with zero attached hydrogens (tertiary/aromatic N) is 3. The fourth-order valence-corrected chi connectivity index (χ4v) is 2.99. The van der Waals surface area contributed by atoms with Crippen molar-refractivity contribution >= 4 is 5.65 Å². The molecule has 6 heteroatoms. The minimum absolute atomic E-state index is 0.0558. The lowest BCUT2D eigenvalue weighted by Crippen LogP contribution is -2.25. The molecule has 0 radical (unpaired) electrons. The maximum absolute atomic E-state index is 12.2. The number of benzene rings is 1. The molecule has 1 aromatic carbocycles. The summed E-state index contributed by atoms with van der Waals surface area (Å²) in [5.41, 5.74) is 2.53. The van der Waals surface area contributed by atoms with Crippen LogP contribution in [-0.2, 0) is 13.1 Å². The van der Waals surface area contributed by atoms with Gasteiger partial charge in [0.2, 0.25) is 6.79 Å². The average Bonchev–Trinajstić information content (AvgIpc) is 3.09. The van der Waals surface area contributed by atoms with Crippen LogP contribution in [-0.4, -0.2) is 27.6 Å². The van der Waals surface area contributed by atoms with Crippen LogP contribution >= 0.6 is 0 Å². The van der Waals surface area contributed by atoms with E-state index in [0.29, 0.717) is 12.2 Å². The third-order valence-corrected chi connectivity index (χ3v) is 4.30. The molecule has 0 bridgehead atoms. The van der Waals surface area contributed by atoms with E-state index >= 15 is 0 Å². The second kappa shape index (κ2) is 6.57. The fraction of sp³-hybridized carbons (Fsp3) is 0.263. The maximum Gasteiger partial charge on any atom is 0.258 e. The molecule has 6 nitrogen and oxygen atoms in total. The first-order valence-electron chi connectivity index (χ1n) is 8.31. The van der Waals surface area contributed by atoms with E-state index < -0.39 is 0 Å². The number of fused-ring (bicyclic) bond motifs is 2. The van der Waals surface area contributed by atoms with Crippen molar-refractivity contribution in [2.24, 2.45) is 0 Å². The third kappa shape index (κ3) is 3.21. The smallest absolute Gasteiger partial charge is 0.258 e. The van der Waals surface area contributed by atoms with Crippen molar-refractivity contribution in [1.82, 2.24) is 14.3 Å². The Morgan fingerprint density at radius 1 is 1.12 bits per heavy atom. The largest absolute Gasteiger partial charge is 0.454 e. The predicted octanol–water partition coefficient (Wildman–Crippen LogP) is 2.45. The van der Waals surface area contributed by atoms with Gasteiger partial charge in [0.25, 0.3) is 5.56 Å². The van der Waals surface area contributed by atoms with Gasteiger partial charge in [-0.1, -0.05) is 19.1 Å². The van der Waals surface area contributed by atoms with Gasteiger partial charge in [-0.2, -0.15) is 0 Å². The average molecular weight is 337 g/mol. The molecular weight excluding hydrogens is 318 g/mol. The van der Waals surface area contributed by atoms with Crippen LogP contribution in [0.1, 0.15) is 18.2 Å². The number of hydrogen-bond donors (Lipinski definition) is 0. The molecule has 0 unspecified atom stereocenters. The van der Waals surface area contributed by atoms with E-state index in [9.17, 15) is 4.79 Å². The van der Waals surface area contributed by atoms with Gasteiger partial charge >= 0.3 is 0 Å². The Bertz CT molecular complexity index is 968.